The van der Waals surface area contributed by atoms with Crippen molar-refractivity contribution in [1.29, 1.82) is 0 Å². The molecule has 0 aliphatic heterocycles. The number of rotatable bonds is 4. The topological polar surface area (TPSA) is 257 Å². The highest BCUT2D eigenvalue weighted by molar-refractivity contribution is 5.91. The monoisotopic (exact) mass is 836 g/mol. The Morgan fingerprint density at radius 1 is 0.459 bits per heavy atom. The maximum atomic E-state index is 10.2. The third-order valence-corrected chi connectivity index (χ3v) is 9.87. The van der Waals surface area contributed by atoms with Gasteiger partial charge in [-0.25, -0.2) is 9.69 Å². The van der Waals surface area contributed by atoms with Crippen molar-refractivity contribution in [2.75, 3.05) is 0 Å². The second-order valence-corrected chi connectivity index (χ2v) is 13.2. The predicted molar refractivity (Wildman–Crippen MR) is 246 cm³/mol. The van der Waals surface area contributed by atoms with Crippen molar-refractivity contribution in [3.05, 3.63) is 168 Å². The van der Waals surface area contributed by atoms with Gasteiger partial charge in [-0.15, -0.1) is 0 Å². The largest absolute Gasteiger partial charge is 0.498 e. The summed E-state index contributed by atoms with van der Waals surface area (Å²) >= 11 is 0. The van der Waals surface area contributed by atoms with Crippen LogP contribution in [-0.4, -0.2) is 56.6 Å². The van der Waals surface area contributed by atoms with Gasteiger partial charge in [0.1, 0.15) is 5.56 Å². The van der Waals surface area contributed by atoms with Crippen molar-refractivity contribution in [2.45, 2.75) is 90.5 Å². The molecule has 0 spiro atoms. The summed E-state index contributed by atoms with van der Waals surface area (Å²) in [4.78, 5) is 6.79. The van der Waals surface area contributed by atoms with E-state index in [1.165, 1.54) is 24.9 Å². The highest BCUT2D eigenvalue weighted by Crippen LogP contribution is 2.29. The van der Waals surface area contributed by atoms with E-state index in [0.717, 1.165) is 89.0 Å². The molecule has 16 nitrogen and oxygen atoms in total. The average Bonchev–Trinajstić information content (AvgIpc) is 3.20. The molecule has 16 heteroatoms. The Balaban J connectivity index is -0.000000724. The predicted octanol–water partition coefficient (Wildman–Crippen LogP) is 10.1. The number of oxime groups is 4. The summed E-state index contributed by atoms with van der Waals surface area (Å²) in [5.41, 5.74) is 17.3. The highest BCUT2D eigenvalue weighted by Gasteiger charge is 2.13. The van der Waals surface area contributed by atoms with Crippen LogP contribution in [0.3, 0.4) is 0 Å². The van der Waals surface area contributed by atoms with Gasteiger partial charge < -0.3 is 42.2 Å². The second kappa shape index (κ2) is 27.8. The Labute approximate surface area is 358 Å². The molecule has 8 N–H and O–H groups in total. The molecule has 0 aromatic heterocycles. The Bertz CT molecular complexity index is 2490. The van der Waals surface area contributed by atoms with Crippen molar-refractivity contribution in [3.8, 4) is 12.1 Å². The van der Waals surface area contributed by atoms with Crippen LogP contribution in [0.4, 0.5) is 11.4 Å². The maximum Gasteiger partial charge on any atom is 0.337 e. The smallest absolute Gasteiger partial charge is 0.337 e. The second-order valence-electron chi connectivity index (χ2n) is 13.2. The van der Waals surface area contributed by atoms with E-state index in [4.69, 9.17) is 34.0 Å². The first-order chi connectivity index (χ1) is 27.5. The van der Waals surface area contributed by atoms with Crippen LogP contribution in [0.25, 0.3) is 19.7 Å². The molecule has 0 unspecified atom stereocenters. The zero-order valence-corrected chi connectivity index (χ0v) is 35.8. The third kappa shape index (κ3) is 14.8. The first-order valence-electron chi connectivity index (χ1n) is 17.5. The first kappa shape index (κ1) is 57.6. The number of nitrogens with zero attached hydrogens (tertiary/aromatic N) is 8. The Hall–Kier alpha value is -7.76. The molecular formula is C45H56N8O8. The molecule has 324 valence electrons. The number of aryl methyl sites for hydroxylation is 4. The van der Waals surface area contributed by atoms with E-state index in [9.17, 15) is 10.4 Å². The lowest BCUT2D eigenvalue weighted by Gasteiger charge is -2.10. The number of hydrogen-bond donors (Lipinski definition) is 4. The molecule has 0 saturated carbocycles. The number of benzene rings is 4. The van der Waals surface area contributed by atoms with Crippen LogP contribution >= 0.6 is 0 Å². The van der Waals surface area contributed by atoms with Crippen molar-refractivity contribution in [1.82, 2.24) is 0 Å². The van der Waals surface area contributed by atoms with E-state index < -0.39 is 0 Å². The zero-order chi connectivity index (χ0) is 44.3. The summed E-state index contributed by atoms with van der Waals surface area (Å²) in [6.45, 7) is 36.7. The minimum atomic E-state index is 0. The van der Waals surface area contributed by atoms with Gasteiger partial charge in [0.05, 0.1) is 43.6 Å². The molecule has 4 aromatic carbocycles. The van der Waals surface area contributed by atoms with Gasteiger partial charge in [-0.1, -0.05) is 45.7 Å². The highest BCUT2D eigenvalue weighted by atomic mass is 16.4. The lowest BCUT2D eigenvalue weighted by Crippen LogP contribution is -2.00. The van der Waals surface area contributed by atoms with Gasteiger partial charge in [-0.3, -0.25) is 0 Å². The van der Waals surface area contributed by atoms with Crippen molar-refractivity contribution in [3.63, 3.8) is 0 Å². The van der Waals surface area contributed by atoms with Crippen LogP contribution < -0.4 is 0 Å². The van der Waals surface area contributed by atoms with E-state index in [0.29, 0.717) is 22.5 Å². The molecule has 0 fully saturated rings. The normalized spacial score (nSPS) is 9.74. The van der Waals surface area contributed by atoms with Gasteiger partial charge in [0.15, 0.2) is 11.4 Å². The van der Waals surface area contributed by atoms with Crippen molar-refractivity contribution >= 4 is 36.2 Å². The van der Waals surface area contributed by atoms with Crippen molar-refractivity contribution < 1.29 is 31.8 Å². The van der Waals surface area contributed by atoms with Crippen LogP contribution in [0.5, 0.6) is 0 Å². The summed E-state index contributed by atoms with van der Waals surface area (Å²) in [5.74, 6) is 0. The van der Waals surface area contributed by atoms with E-state index in [1.54, 1.807) is 13.0 Å². The average molecular weight is 837 g/mol. The first-order valence-corrected chi connectivity index (χ1v) is 17.5. The lowest BCUT2D eigenvalue weighted by molar-refractivity contribution is 0.321. The molecule has 0 heterocycles. The van der Waals surface area contributed by atoms with Gasteiger partial charge in [0.2, 0.25) is 0 Å². The summed E-state index contributed by atoms with van der Waals surface area (Å²) in [6.07, 6.45) is 5.58. The molecule has 0 radical (unpaired) electrons. The fraction of sp³-hybridized carbons (Fsp3) is 0.289. The van der Waals surface area contributed by atoms with Crippen LogP contribution in [0.2, 0.25) is 0 Å². The summed E-state index contributed by atoms with van der Waals surface area (Å²) in [6, 6.07) is 12.2. The standard InChI is InChI=1S/2C11H14N2O2.2C11H10N2O.CH4.2H2O/c1-7-4-10(5-12-14)8(2)9(3)11(7)6-13-15;1-7-4-10(5-12-14)9(3)11(6-13-15)8(7)2;1-7-5-11(12-4)9(3)8(2)10(7)6-13-14;1-7-5-11(12-4)9(3)10(6-13-14)8(7)2;;;/h2*4-6,14-15H,1-3H3;2*5H,1-3H3;1H4;2*1H2/b2*12-5+,13-6+;;;;;. The van der Waals surface area contributed by atoms with E-state index >= 15 is 0 Å². The third-order valence-electron chi connectivity index (χ3n) is 9.87. The molecule has 0 bridgehead atoms. The Kier molecular flexibility index (Phi) is 26.2. The fourth-order valence-electron chi connectivity index (χ4n) is 5.89. The van der Waals surface area contributed by atoms with E-state index in [1.807, 2.05) is 94.4 Å². The molecular weight excluding hydrogens is 781 g/mol. The van der Waals surface area contributed by atoms with Gasteiger partial charge in [-0.05, 0) is 168 Å². The molecule has 0 aliphatic carbocycles. The molecule has 0 atom stereocenters. The molecule has 4 rings (SSSR count). The molecule has 61 heavy (non-hydrogen) atoms. The van der Waals surface area contributed by atoms with Crippen LogP contribution in [-0.2, 0) is 0 Å². The fourth-order valence-corrected chi connectivity index (χ4v) is 5.89. The SMILES string of the molecule is C.Cc1cc(/C=N/O)c(C)c(/C=N/O)c1C.Cc1cc(/C=N/O)c(C)c(C)c1/C=N/O.O.O.[C-]#[N+]c1cc(C)c(C#[N+][O-])c(C)c1C.[C-]#[N+]c1cc(C)c(C)c(C#[N+][O-])c1C. The lowest BCUT2D eigenvalue weighted by atomic mass is 9.95. The van der Waals surface area contributed by atoms with Gasteiger partial charge >= 0.3 is 12.1 Å². The minimum absolute atomic E-state index is 0. The van der Waals surface area contributed by atoms with Crippen LogP contribution in [0.15, 0.2) is 44.9 Å². The molecule has 0 saturated heterocycles. The summed E-state index contributed by atoms with van der Waals surface area (Å²) < 4.78 is 0. The maximum absolute atomic E-state index is 10.2. The summed E-state index contributed by atoms with van der Waals surface area (Å²) in [5, 5.41) is 71.8. The van der Waals surface area contributed by atoms with E-state index in [-0.39, 0.29) is 18.4 Å². The van der Waals surface area contributed by atoms with Crippen LogP contribution in [0, 0.1) is 119 Å². The van der Waals surface area contributed by atoms with E-state index in [2.05, 4.69) is 52.5 Å². The molecule has 4 aromatic rings. The van der Waals surface area contributed by atoms with Gasteiger partial charge in [-0.2, -0.15) is 0 Å². The minimum Gasteiger partial charge on any atom is -0.498 e. The number of hydrogen-bond acceptors (Lipinski definition) is 10. The van der Waals surface area contributed by atoms with Gasteiger partial charge in [0.25, 0.3) is 0 Å². The Morgan fingerprint density at radius 3 is 1.34 bits per heavy atom. The summed E-state index contributed by atoms with van der Waals surface area (Å²) in [7, 11) is 0. The zero-order valence-electron chi connectivity index (χ0n) is 35.8. The molecule has 0 aliphatic rings. The van der Waals surface area contributed by atoms with Crippen molar-refractivity contribution in [2.24, 2.45) is 20.6 Å². The van der Waals surface area contributed by atoms with Crippen LogP contribution in [0.1, 0.15) is 108 Å². The quantitative estimate of drug-likeness (QED) is 0.0672. The molecule has 0 amide bonds. The Morgan fingerprint density at radius 2 is 0.869 bits per heavy atom. The van der Waals surface area contributed by atoms with Gasteiger partial charge in [0, 0.05) is 21.1 Å².